The van der Waals surface area contributed by atoms with Crippen molar-refractivity contribution in [3.05, 3.63) is 20.3 Å². The zero-order valence-electron chi connectivity index (χ0n) is 10.6. The Bertz CT molecular complexity index is 347. The average molecular weight is 317 g/mol. The van der Waals surface area contributed by atoms with Crippen molar-refractivity contribution in [3.63, 3.8) is 0 Å². The van der Waals surface area contributed by atoms with E-state index in [2.05, 4.69) is 35.8 Å². The minimum absolute atomic E-state index is 0.247. The van der Waals surface area contributed by atoms with Gasteiger partial charge in [0.05, 0.1) is 6.10 Å². The molecular formula is C14H21BrOS. The predicted octanol–water partition coefficient (Wildman–Crippen LogP) is 5.07. The van der Waals surface area contributed by atoms with Crippen LogP contribution in [0.25, 0.3) is 0 Å². The molecule has 1 aromatic heterocycles. The van der Waals surface area contributed by atoms with E-state index >= 15 is 0 Å². The lowest BCUT2D eigenvalue weighted by Gasteiger charge is -2.30. The molecule has 96 valence electrons. The Hall–Kier alpha value is 0.140. The third-order valence-corrected chi connectivity index (χ3v) is 6.29. The number of aryl methyl sites for hydroxylation is 1. The summed E-state index contributed by atoms with van der Waals surface area (Å²) >= 11 is 5.25. The predicted molar refractivity (Wildman–Crippen MR) is 77.5 cm³/mol. The molecule has 17 heavy (non-hydrogen) atoms. The van der Waals surface area contributed by atoms with Gasteiger partial charge in [0, 0.05) is 14.2 Å². The topological polar surface area (TPSA) is 20.2 Å². The van der Waals surface area contributed by atoms with Crippen LogP contribution in [0.4, 0.5) is 0 Å². The largest absolute Gasteiger partial charge is 0.387 e. The minimum Gasteiger partial charge on any atom is -0.387 e. The number of aliphatic hydroxyl groups excluding tert-OH is 1. The Morgan fingerprint density at radius 2 is 2.06 bits per heavy atom. The van der Waals surface area contributed by atoms with E-state index in [0.29, 0.717) is 5.92 Å². The number of hydrogen-bond acceptors (Lipinski definition) is 2. The van der Waals surface area contributed by atoms with Gasteiger partial charge in [0.25, 0.3) is 0 Å². The van der Waals surface area contributed by atoms with Crippen LogP contribution in [0.3, 0.4) is 0 Å². The van der Waals surface area contributed by atoms with Gasteiger partial charge in [0.2, 0.25) is 0 Å². The molecule has 0 radical (unpaired) electrons. The van der Waals surface area contributed by atoms with Crippen LogP contribution >= 0.6 is 27.3 Å². The molecule has 0 bridgehead atoms. The lowest BCUT2D eigenvalue weighted by atomic mass is 9.78. The quantitative estimate of drug-likeness (QED) is 0.825. The van der Waals surface area contributed by atoms with Gasteiger partial charge >= 0.3 is 0 Å². The van der Waals surface area contributed by atoms with Gasteiger partial charge in [0.15, 0.2) is 0 Å². The number of aliphatic hydroxyl groups is 1. The first-order valence-corrected chi connectivity index (χ1v) is 8.16. The number of rotatable bonds is 3. The fourth-order valence-corrected chi connectivity index (χ4v) is 4.41. The molecule has 1 heterocycles. The Balaban J connectivity index is 1.99. The van der Waals surface area contributed by atoms with E-state index in [1.165, 1.54) is 37.0 Å². The van der Waals surface area contributed by atoms with E-state index < -0.39 is 0 Å². The van der Waals surface area contributed by atoms with Crippen molar-refractivity contribution in [2.75, 3.05) is 0 Å². The van der Waals surface area contributed by atoms with E-state index in [1.54, 1.807) is 11.3 Å². The number of halogens is 1. The Kier molecular flexibility index (Phi) is 4.67. The average Bonchev–Trinajstić information content (AvgIpc) is 2.69. The molecular weight excluding hydrogens is 296 g/mol. The van der Waals surface area contributed by atoms with Crippen LogP contribution in [0.5, 0.6) is 0 Å². The molecule has 1 aromatic rings. The van der Waals surface area contributed by atoms with E-state index in [-0.39, 0.29) is 6.10 Å². The first kappa shape index (κ1) is 13.6. The highest BCUT2D eigenvalue weighted by atomic mass is 79.9. The molecule has 1 saturated carbocycles. The Morgan fingerprint density at radius 1 is 1.41 bits per heavy atom. The molecule has 0 amide bonds. The van der Waals surface area contributed by atoms with Gasteiger partial charge in [-0.05, 0) is 53.6 Å². The summed E-state index contributed by atoms with van der Waals surface area (Å²) in [5, 5.41) is 10.4. The zero-order valence-corrected chi connectivity index (χ0v) is 13.0. The summed E-state index contributed by atoms with van der Waals surface area (Å²) in [5.41, 5.74) is 0. The van der Waals surface area contributed by atoms with Crippen LogP contribution in [-0.2, 0) is 0 Å². The monoisotopic (exact) mass is 316 g/mol. The van der Waals surface area contributed by atoms with Crippen LogP contribution < -0.4 is 0 Å². The molecule has 0 aliphatic heterocycles. The van der Waals surface area contributed by atoms with E-state index in [4.69, 9.17) is 0 Å². The van der Waals surface area contributed by atoms with Crippen molar-refractivity contribution in [1.29, 1.82) is 0 Å². The van der Waals surface area contributed by atoms with Gasteiger partial charge < -0.3 is 5.11 Å². The van der Waals surface area contributed by atoms with Gasteiger partial charge in [0.1, 0.15) is 0 Å². The first-order chi connectivity index (χ1) is 8.11. The van der Waals surface area contributed by atoms with Gasteiger partial charge in [-0.15, -0.1) is 11.3 Å². The van der Waals surface area contributed by atoms with Crippen LogP contribution in [0.15, 0.2) is 10.5 Å². The summed E-state index contributed by atoms with van der Waals surface area (Å²) in [6, 6.07) is 2.09. The molecule has 1 fully saturated rings. The van der Waals surface area contributed by atoms with Crippen molar-refractivity contribution in [3.8, 4) is 0 Å². The van der Waals surface area contributed by atoms with Crippen molar-refractivity contribution in [2.24, 2.45) is 11.8 Å². The highest BCUT2D eigenvalue weighted by molar-refractivity contribution is 9.10. The lowest BCUT2D eigenvalue weighted by molar-refractivity contribution is 0.0757. The molecule has 1 unspecified atom stereocenters. The third kappa shape index (κ3) is 3.12. The summed E-state index contributed by atoms with van der Waals surface area (Å²) in [6.07, 6.45) is 6.02. The number of thiophene rings is 1. The fraction of sp³-hybridized carbons (Fsp3) is 0.714. The maximum atomic E-state index is 10.4. The van der Waals surface area contributed by atoms with E-state index in [9.17, 15) is 5.11 Å². The molecule has 2 rings (SSSR count). The van der Waals surface area contributed by atoms with E-state index in [1.807, 2.05) is 0 Å². The summed E-state index contributed by atoms with van der Waals surface area (Å²) in [7, 11) is 0. The van der Waals surface area contributed by atoms with Crippen LogP contribution in [-0.4, -0.2) is 5.11 Å². The molecule has 3 heteroatoms. The molecule has 1 N–H and O–H groups in total. The molecule has 0 aromatic carbocycles. The molecule has 0 spiro atoms. The van der Waals surface area contributed by atoms with Gasteiger partial charge in [-0.25, -0.2) is 0 Å². The van der Waals surface area contributed by atoms with Crippen molar-refractivity contribution < 1.29 is 5.11 Å². The minimum atomic E-state index is -0.247. The molecule has 1 nitrogen and oxygen atoms in total. The molecule has 1 atom stereocenters. The highest BCUT2D eigenvalue weighted by Gasteiger charge is 2.27. The van der Waals surface area contributed by atoms with Crippen LogP contribution in [0.1, 0.15) is 54.9 Å². The Labute approximate surface area is 116 Å². The van der Waals surface area contributed by atoms with E-state index in [0.717, 1.165) is 15.3 Å². The summed E-state index contributed by atoms with van der Waals surface area (Å²) in [4.78, 5) is 2.40. The maximum Gasteiger partial charge on any atom is 0.0910 e. The SMILES string of the molecule is CCC1CCC(C(O)c2cc(Br)c(C)s2)CC1. The molecule has 1 aliphatic carbocycles. The van der Waals surface area contributed by atoms with Crippen LogP contribution in [0.2, 0.25) is 0 Å². The fourth-order valence-electron chi connectivity index (χ4n) is 2.77. The summed E-state index contributed by atoms with van der Waals surface area (Å²) in [5.74, 6) is 1.37. The van der Waals surface area contributed by atoms with Crippen molar-refractivity contribution >= 4 is 27.3 Å². The third-order valence-electron chi connectivity index (χ3n) is 4.08. The Morgan fingerprint density at radius 3 is 2.53 bits per heavy atom. The van der Waals surface area contributed by atoms with Crippen molar-refractivity contribution in [2.45, 2.75) is 52.1 Å². The van der Waals surface area contributed by atoms with Gasteiger partial charge in [-0.3, -0.25) is 0 Å². The standard InChI is InChI=1S/C14H21BrOS/c1-3-10-4-6-11(7-5-10)14(16)13-8-12(15)9(2)17-13/h8,10-11,14,16H,3-7H2,1-2H3. The highest BCUT2D eigenvalue weighted by Crippen LogP contribution is 2.41. The summed E-state index contributed by atoms with van der Waals surface area (Å²) < 4.78 is 1.14. The van der Waals surface area contributed by atoms with Gasteiger partial charge in [-0.2, -0.15) is 0 Å². The van der Waals surface area contributed by atoms with Crippen LogP contribution in [0, 0.1) is 18.8 Å². The zero-order chi connectivity index (χ0) is 12.4. The molecule has 0 saturated heterocycles. The summed E-state index contributed by atoms with van der Waals surface area (Å²) in [6.45, 7) is 4.38. The first-order valence-electron chi connectivity index (χ1n) is 6.55. The van der Waals surface area contributed by atoms with Crippen molar-refractivity contribution in [1.82, 2.24) is 0 Å². The maximum absolute atomic E-state index is 10.4. The second kappa shape index (κ2) is 5.85. The second-order valence-electron chi connectivity index (χ2n) is 5.19. The number of hydrogen-bond donors (Lipinski definition) is 1. The lowest BCUT2D eigenvalue weighted by Crippen LogP contribution is -2.19. The second-order valence-corrected chi connectivity index (χ2v) is 7.33. The molecule has 1 aliphatic rings. The smallest absolute Gasteiger partial charge is 0.0910 e. The normalized spacial score (nSPS) is 27.1. The van der Waals surface area contributed by atoms with Gasteiger partial charge in [-0.1, -0.05) is 26.2 Å².